The molecule has 0 bridgehead atoms. The SMILES string of the molecule is Cc1cc(OCC(=O)N/N=C/c2cccc(Cl)c2)ccc1Cl. The molecule has 0 aliphatic rings. The summed E-state index contributed by atoms with van der Waals surface area (Å²) in [5, 5.41) is 5.11. The van der Waals surface area contributed by atoms with Gasteiger partial charge in [0.2, 0.25) is 0 Å². The fraction of sp³-hybridized carbons (Fsp3) is 0.125. The first-order valence-electron chi connectivity index (χ1n) is 6.51. The van der Waals surface area contributed by atoms with E-state index in [0.717, 1.165) is 11.1 Å². The predicted octanol–water partition coefficient (Wildman–Crippen LogP) is 3.83. The number of benzene rings is 2. The first kappa shape index (κ1) is 16.3. The molecule has 0 radical (unpaired) electrons. The van der Waals surface area contributed by atoms with E-state index >= 15 is 0 Å². The summed E-state index contributed by atoms with van der Waals surface area (Å²) in [5.41, 5.74) is 4.06. The lowest BCUT2D eigenvalue weighted by Crippen LogP contribution is -2.24. The smallest absolute Gasteiger partial charge is 0.277 e. The van der Waals surface area contributed by atoms with E-state index in [9.17, 15) is 4.79 Å². The summed E-state index contributed by atoms with van der Waals surface area (Å²) in [6.07, 6.45) is 1.51. The van der Waals surface area contributed by atoms with Gasteiger partial charge in [-0.15, -0.1) is 0 Å². The van der Waals surface area contributed by atoms with Gasteiger partial charge in [-0.2, -0.15) is 5.10 Å². The molecule has 0 spiro atoms. The van der Waals surface area contributed by atoms with Crippen LogP contribution in [0.15, 0.2) is 47.6 Å². The van der Waals surface area contributed by atoms with Gasteiger partial charge in [0.05, 0.1) is 6.21 Å². The number of amides is 1. The van der Waals surface area contributed by atoms with Gasteiger partial charge in [0.1, 0.15) is 5.75 Å². The molecule has 114 valence electrons. The molecule has 2 aromatic rings. The molecule has 0 unspecified atom stereocenters. The molecule has 6 heteroatoms. The quantitative estimate of drug-likeness (QED) is 0.666. The van der Waals surface area contributed by atoms with Crippen LogP contribution in [0.3, 0.4) is 0 Å². The number of hydrogen-bond acceptors (Lipinski definition) is 3. The van der Waals surface area contributed by atoms with Crippen LogP contribution >= 0.6 is 23.2 Å². The molecule has 4 nitrogen and oxygen atoms in total. The second-order valence-electron chi connectivity index (χ2n) is 4.55. The molecule has 0 fully saturated rings. The minimum Gasteiger partial charge on any atom is -0.484 e. The molecule has 0 aliphatic carbocycles. The van der Waals surface area contributed by atoms with E-state index in [4.69, 9.17) is 27.9 Å². The Hall–Kier alpha value is -2.04. The molecule has 0 aliphatic heterocycles. The lowest BCUT2D eigenvalue weighted by molar-refractivity contribution is -0.123. The Morgan fingerprint density at radius 2 is 2.09 bits per heavy atom. The number of halogens is 2. The average molecular weight is 337 g/mol. The minimum atomic E-state index is -0.356. The first-order chi connectivity index (χ1) is 10.5. The van der Waals surface area contributed by atoms with Crippen LogP contribution in [0.4, 0.5) is 0 Å². The van der Waals surface area contributed by atoms with Crippen molar-refractivity contribution < 1.29 is 9.53 Å². The Labute approximate surface area is 138 Å². The zero-order valence-corrected chi connectivity index (χ0v) is 13.4. The monoisotopic (exact) mass is 336 g/mol. The van der Waals surface area contributed by atoms with Crippen molar-refractivity contribution in [2.75, 3.05) is 6.61 Å². The third kappa shape index (κ3) is 5.06. The summed E-state index contributed by atoms with van der Waals surface area (Å²) in [5.74, 6) is 0.224. The number of ether oxygens (including phenoxy) is 1. The highest BCUT2D eigenvalue weighted by molar-refractivity contribution is 6.31. The lowest BCUT2D eigenvalue weighted by atomic mass is 10.2. The van der Waals surface area contributed by atoms with Gasteiger partial charge in [0, 0.05) is 10.0 Å². The van der Waals surface area contributed by atoms with Crippen molar-refractivity contribution in [2.45, 2.75) is 6.92 Å². The van der Waals surface area contributed by atoms with Crippen molar-refractivity contribution in [3.8, 4) is 5.75 Å². The number of carbonyl (C=O) groups excluding carboxylic acids is 1. The highest BCUT2D eigenvalue weighted by Gasteiger charge is 2.03. The van der Waals surface area contributed by atoms with Crippen molar-refractivity contribution in [2.24, 2.45) is 5.10 Å². The topological polar surface area (TPSA) is 50.7 Å². The third-order valence-electron chi connectivity index (χ3n) is 2.75. The van der Waals surface area contributed by atoms with E-state index in [2.05, 4.69) is 10.5 Å². The van der Waals surface area contributed by atoms with Crippen LogP contribution in [0.2, 0.25) is 10.0 Å². The van der Waals surface area contributed by atoms with Gasteiger partial charge in [-0.1, -0.05) is 35.3 Å². The third-order valence-corrected chi connectivity index (χ3v) is 3.41. The number of hydrogen-bond donors (Lipinski definition) is 1. The van der Waals surface area contributed by atoms with Gasteiger partial charge in [0.25, 0.3) is 5.91 Å². The summed E-state index contributed by atoms with van der Waals surface area (Å²) < 4.78 is 5.36. The van der Waals surface area contributed by atoms with Crippen molar-refractivity contribution in [1.29, 1.82) is 0 Å². The standard InChI is InChI=1S/C16H14Cl2N2O2/c1-11-7-14(5-6-15(11)18)22-10-16(21)20-19-9-12-3-2-4-13(17)8-12/h2-9H,10H2,1H3,(H,20,21)/b19-9+. The van der Waals surface area contributed by atoms with Crippen LogP contribution in [0, 0.1) is 6.92 Å². The minimum absolute atomic E-state index is 0.131. The van der Waals surface area contributed by atoms with Crippen molar-refractivity contribution in [3.05, 3.63) is 63.6 Å². The maximum Gasteiger partial charge on any atom is 0.277 e. The molecule has 22 heavy (non-hydrogen) atoms. The molecule has 0 saturated carbocycles. The van der Waals surface area contributed by atoms with Crippen LogP contribution in [-0.4, -0.2) is 18.7 Å². The largest absolute Gasteiger partial charge is 0.484 e. The number of hydrazone groups is 1. The predicted molar refractivity (Wildman–Crippen MR) is 88.9 cm³/mol. The fourth-order valence-electron chi connectivity index (χ4n) is 1.65. The molecular formula is C16H14Cl2N2O2. The van der Waals surface area contributed by atoms with E-state index in [0.29, 0.717) is 15.8 Å². The Balaban J connectivity index is 1.81. The molecule has 0 heterocycles. The Morgan fingerprint density at radius 1 is 1.27 bits per heavy atom. The van der Waals surface area contributed by atoms with Gasteiger partial charge in [0.15, 0.2) is 6.61 Å². The zero-order chi connectivity index (χ0) is 15.9. The fourth-order valence-corrected chi connectivity index (χ4v) is 1.97. The van der Waals surface area contributed by atoms with Gasteiger partial charge in [-0.05, 0) is 48.4 Å². The van der Waals surface area contributed by atoms with Crippen molar-refractivity contribution in [1.82, 2.24) is 5.43 Å². The van der Waals surface area contributed by atoms with Crippen LogP contribution in [0.5, 0.6) is 5.75 Å². The molecule has 2 rings (SSSR count). The summed E-state index contributed by atoms with van der Waals surface area (Å²) in [6, 6.07) is 12.3. The van der Waals surface area contributed by atoms with Gasteiger partial charge < -0.3 is 4.74 Å². The van der Waals surface area contributed by atoms with E-state index in [-0.39, 0.29) is 12.5 Å². The maximum absolute atomic E-state index is 11.6. The average Bonchev–Trinajstić information content (AvgIpc) is 2.48. The number of nitrogens with zero attached hydrogens (tertiary/aromatic N) is 1. The van der Waals surface area contributed by atoms with Crippen molar-refractivity contribution in [3.63, 3.8) is 0 Å². The summed E-state index contributed by atoms with van der Waals surface area (Å²) in [7, 11) is 0. The Kier molecular flexibility index (Phi) is 5.81. The highest BCUT2D eigenvalue weighted by atomic mass is 35.5. The van der Waals surface area contributed by atoms with Crippen molar-refractivity contribution >= 4 is 35.3 Å². The van der Waals surface area contributed by atoms with E-state index in [1.165, 1.54) is 6.21 Å². The molecule has 2 aromatic carbocycles. The number of rotatable bonds is 5. The Morgan fingerprint density at radius 3 is 2.82 bits per heavy atom. The molecule has 1 amide bonds. The molecule has 0 saturated heterocycles. The van der Waals surface area contributed by atoms with Gasteiger partial charge in [-0.3, -0.25) is 4.79 Å². The van der Waals surface area contributed by atoms with Crippen LogP contribution in [0.1, 0.15) is 11.1 Å². The molecule has 0 atom stereocenters. The zero-order valence-electron chi connectivity index (χ0n) is 11.8. The van der Waals surface area contributed by atoms with E-state index in [1.807, 2.05) is 13.0 Å². The van der Waals surface area contributed by atoms with Crippen LogP contribution in [-0.2, 0) is 4.79 Å². The second kappa shape index (κ2) is 7.82. The highest BCUT2D eigenvalue weighted by Crippen LogP contribution is 2.20. The van der Waals surface area contributed by atoms with Gasteiger partial charge in [-0.25, -0.2) is 5.43 Å². The molecular weight excluding hydrogens is 323 g/mol. The van der Waals surface area contributed by atoms with E-state index < -0.39 is 0 Å². The summed E-state index contributed by atoms with van der Waals surface area (Å²) in [4.78, 5) is 11.6. The maximum atomic E-state index is 11.6. The number of carbonyl (C=O) groups is 1. The van der Waals surface area contributed by atoms with Gasteiger partial charge >= 0.3 is 0 Å². The second-order valence-corrected chi connectivity index (χ2v) is 5.39. The van der Waals surface area contributed by atoms with Crippen LogP contribution in [0.25, 0.3) is 0 Å². The molecule has 0 aromatic heterocycles. The summed E-state index contributed by atoms with van der Waals surface area (Å²) >= 11 is 11.8. The number of nitrogens with one attached hydrogen (secondary N) is 1. The Bertz CT molecular complexity index is 702. The number of aryl methyl sites for hydroxylation is 1. The molecule has 1 N–H and O–H groups in total. The lowest BCUT2D eigenvalue weighted by Gasteiger charge is -2.06. The normalized spacial score (nSPS) is 10.7. The van der Waals surface area contributed by atoms with Crippen LogP contribution < -0.4 is 10.2 Å². The summed E-state index contributed by atoms with van der Waals surface area (Å²) in [6.45, 7) is 1.73. The van der Waals surface area contributed by atoms with E-state index in [1.54, 1.807) is 36.4 Å². The first-order valence-corrected chi connectivity index (χ1v) is 7.26.